The van der Waals surface area contributed by atoms with Gasteiger partial charge in [-0.1, -0.05) is 24.3 Å². The van der Waals surface area contributed by atoms with Gasteiger partial charge in [0.25, 0.3) is 0 Å². The lowest BCUT2D eigenvalue weighted by Gasteiger charge is -2.28. The lowest BCUT2D eigenvalue weighted by molar-refractivity contribution is -0.135. The molecule has 0 aromatic heterocycles. The third-order valence-corrected chi connectivity index (χ3v) is 2.88. The normalized spacial score (nSPS) is 14.4. The molecule has 1 aliphatic rings. The second-order valence-corrected chi connectivity index (χ2v) is 4.21. The van der Waals surface area contributed by atoms with E-state index >= 15 is 0 Å². The van der Waals surface area contributed by atoms with Crippen LogP contribution in [0.1, 0.15) is 24.5 Å². The maximum absolute atomic E-state index is 11.7. The molecule has 0 unspecified atom stereocenters. The van der Waals surface area contributed by atoms with Crippen molar-refractivity contribution in [3.8, 4) is 0 Å². The molecular weight excluding hydrogens is 202 g/mol. The monoisotopic (exact) mass is 217 g/mol. The number of hydrogen-bond acceptors (Lipinski definition) is 2. The molecule has 0 atom stereocenters. The Morgan fingerprint density at radius 3 is 2.62 bits per heavy atom. The minimum atomic E-state index is -0.0659. The topological polar surface area (TPSA) is 37.4 Å². The van der Waals surface area contributed by atoms with Gasteiger partial charge in [0.05, 0.1) is 6.42 Å². The van der Waals surface area contributed by atoms with Crippen LogP contribution in [0.25, 0.3) is 0 Å². The summed E-state index contributed by atoms with van der Waals surface area (Å²) in [6.45, 7) is 2.82. The fourth-order valence-electron chi connectivity index (χ4n) is 2.03. The molecule has 0 radical (unpaired) electrons. The molecule has 16 heavy (non-hydrogen) atoms. The number of nitrogens with zero attached hydrogens (tertiary/aromatic N) is 1. The van der Waals surface area contributed by atoms with Crippen molar-refractivity contribution in [2.75, 3.05) is 6.54 Å². The molecule has 0 fully saturated rings. The van der Waals surface area contributed by atoms with E-state index in [1.165, 1.54) is 18.1 Å². The molecule has 1 aliphatic heterocycles. The number of Topliss-reactive ketones (excluding diaryl/α,β-unsaturated/α-hetero) is 1. The number of ketones is 1. The quantitative estimate of drug-likeness (QED) is 0.705. The third-order valence-electron chi connectivity index (χ3n) is 2.88. The Bertz CT molecular complexity index is 426. The first-order valence-electron chi connectivity index (χ1n) is 5.51. The lowest BCUT2D eigenvalue weighted by atomic mass is 9.99. The van der Waals surface area contributed by atoms with Crippen molar-refractivity contribution in [1.82, 2.24) is 4.90 Å². The fourth-order valence-corrected chi connectivity index (χ4v) is 2.03. The van der Waals surface area contributed by atoms with Crippen LogP contribution in [0, 0.1) is 0 Å². The van der Waals surface area contributed by atoms with Crippen LogP contribution in [-0.4, -0.2) is 23.1 Å². The van der Waals surface area contributed by atoms with Gasteiger partial charge in [0, 0.05) is 13.1 Å². The summed E-state index contributed by atoms with van der Waals surface area (Å²) in [6.07, 6.45) is 0.919. The molecule has 3 heteroatoms. The van der Waals surface area contributed by atoms with E-state index in [-0.39, 0.29) is 18.1 Å². The minimum absolute atomic E-state index is 0.0299. The van der Waals surface area contributed by atoms with Crippen LogP contribution in [0.3, 0.4) is 0 Å². The Morgan fingerprint density at radius 1 is 1.25 bits per heavy atom. The van der Waals surface area contributed by atoms with Crippen LogP contribution in [0.5, 0.6) is 0 Å². The van der Waals surface area contributed by atoms with Gasteiger partial charge in [0.1, 0.15) is 5.78 Å². The van der Waals surface area contributed by atoms with Gasteiger partial charge >= 0.3 is 0 Å². The van der Waals surface area contributed by atoms with Crippen molar-refractivity contribution < 1.29 is 9.59 Å². The Balaban J connectivity index is 2.08. The van der Waals surface area contributed by atoms with E-state index in [1.54, 1.807) is 4.90 Å². The summed E-state index contributed by atoms with van der Waals surface area (Å²) in [5.41, 5.74) is 2.51. The molecule has 0 saturated heterocycles. The Kier molecular flexibility index (Phi) is 3.04. The minimum Gasteiger partial charge on any atom is -0.338 e. The second-order valence-electron chi connectivity index (χ2n) is 4.21. The Labute approximate surface area is 95.1 Å². The number of carbonyl (C=O) groups is 2. The van der Waals surface area contributed by atoms with Crippen molar-refractivity contribution in [2.45, 2.75) is 26.3 Å². The van der Waals surface area contributed by atoms with Crippen molar-refractivity contribution in [3.05, 3.63) is 35.4 Å². The maximum atomic E-state index is 11.7. The molecule has 3 nitrogen and oxygen atoms in total. The highest BCUT2D eigenvalue weighted by Crippen LogP contribution is 2.18. The zero-order valence-corrected chi connectivity index (χ0v) is 9.40. The molecule has 0 bridgehead atoms. The summed E-state index contributed by atoms with van der Waals surface area (Å²) < 4.78 is 0. The van der Waals surface area contributed by atoms with E-state index in [1.807, 2.05) is 18.2 Å². The van der Waals surface area contributed by atoms with Crippen molar-refractivity contribution in [2.24, 2.45) is 0 Å². The fraction of sp³-hybridized carbons (Fsp3) is 0.385. The summed E-state index contributed by atoms with van der Waals surface area (Å²) in [5.74, 6) is -0.120. The average molecular weight is 217 g/mol. The summed E-state index contributed by atoms with van der Waals surface area (Å²) in [7, 11) is 0. The number of fused-ring (bicyclic) bond motifs is 1. The van der Waals surface area contributed by atoms with E-state index < -0.39 is 0 Å². The smallest absolute Gasteiger partial charge is 0.230 e. The summed E-state index contributed by atoms with van der Waals surface area (Å²) in [5, 5.41) is 0. The first kappa shape index (κ1) is 10.9. The van der Waals surface area contributed by atoms with E-state index in [2.05, 4.69) is 6.07 Å². The molecule has 0 spiro atoms. The van der Waals surface area contributed by atoms with Crippen LogP contribution in [0.15, 0.2) is 24.3 Å². The van der Waals surface area contributed by atoms with Crippen LogP contribution in [0.2, 0.25) is 0 Å². The van der Waals surface area contributed by atoms with Gasteiger partial charge in [-0.3, -0.25) is 9.59 Å². The highest BCUT2D eigenvalue weighted by atomic mass is 16.2. The van der Waals surface area contributed by atoms with Crippen LogP contribution in [-0.2, 0) is 22.6 Å². The molecule has 0 saturated carbocycles. The molecule has 1 heterocycles. The van der Waals surface area contributed by atoms with Crippen LogP contribution < -0.4 is 0 Å². The highest BCUT2D eigenvalue weighted by Gasteiger charge is 2.20. The molecule has 0 N–H and O–H groups in total. The third kappa shape index (κ3) is 2.30. The van der Waals surface area contributed by atoms with Gasteiger partial charge in [0.2, 0.25) is 5.91 Å². The molecule has 0 aliphatic carbocycles. The number of benzene rings is 1. The van der Waals surface area contributed by atoms with Crippen molar-refractivity contribution in [3.63, 3.8) is 0 Å². The maximum Gasteiger partial charge on any atom is 0.230 e. The first-order chi connectivity index (χ1) is 7.66. The molecule has 1 aromatic rings. The predicted octanol–water partition coefficient (Wildman–Crippen LogP) is 1.55. The van der Waals surface area contributed by atoms with Gasteiger partial charge in [-0.25, -0.2) is 0 Å². The SMILES string of the molecule is CC(=O)CC(=O)N1CCc2ccccc2C1. The molecule has 1 aromatic carbocycles. The number of amides is 1. The van der Waals surface area contributed by atoms with Gasteiger partial charge in [-0.15, -0.1) is 0 Å². The number of rotatable bonds is 2. The Morgan fingerprint density at radius 2 is 1.94 bits per heavy atom. The number of carbonyl (C=O) groups excluding carboxylic acids is 2. The zero-order valence-electron chi connectivity index (χ0n) is 9.40. The molecular formula is C13H15NO2. The van der Waals surface area contributed by atoms with Crippen LogP contribution >= 0.6 is 0 Å². The van der Waals surface area contributed by atoms with Gasteiger partial charge < -0.3 is 4.90 Å². The summed E-state index contributed by atoms with van der Waals surface area (Å²) in [6, 6.07) is 8.15. The van der Waals surface area contributed by atoms with E-state index in [4.69, 9.17) is 0 Å². The van der Waals surface area contributed by atoms with Gasteiger partial charge in [-0.2, -0.15) is 0 Å². The summed E-state index contributed by atoms with van der Waals surface area (Å²) >= 11 is 0. The largest absolute Gasteiger partial charge is 0.338 e. The molecule has 2 rings (SSSR count). The van der Waals surface area contributed by atoms with Gasteiger partial charge in [-0.05, 0) is 24.5 Å². The highest BCUT2D eigenvalue weighted by molar-refractivity contribution is 5.96. The second kappa shape index (κ2) is 4.47. The van der Waals surface area contributed by atoms with Crippen LogP contribution in [0.4, 0.5) is 0 Å². The zero-order chi connectivity index (χ0) is 11.5. The average Bonchev–Trinajstić information content (AvgIpc) is 2.27. The number of hydrogen-bond donors (Lipinski definition) is 0. The predicted molar refractivity (Wildman–Crippen MR) is 60.9 cm³/mol. The molecule has 1 amide bonds. The summed E-state index contributed by atoms with van der Waals surface area (Å²) in [4.78, 5) is 24.4. The molecule has 84 valence electrons. The van der Waals surface area contributed by atoms with Crippen molar-refractivity contribution >= 4 is 11.7 Å². The first-order valence-corrected chi connectivity index (χ1v) is 5.51. The van der Waals surface area contributed by atoms with Gasteiger partial charge in [0.15, 0.2) is 0 Å². The Hall–Kier alpha value is -1.64. The lowest BCUT2D eigenvalue weighted by Crippen LogP contribution is -2.36. The standard InChI is InChI=1S/C13H15NO2/c1-10(15)8-13(16)14-7-6-11-4-2-3-5-12(11)9-14/h2-5H,6-9H2,1H3. The van der Waals surface area contributed by atoms with Crippen molar-refractivity contribution in [1.29, 1.82) is 0 Å². The van der Waals surface area contributed by atoms with E-state index in [0.29, 0.717) is 6.54 Å². The van der Waals surface area contributed by atoms with E-state index in [9.17, 15) is 9.59 Å². The van der Waals surface area contributed by atoms with E-state index in [0.717, 1.165) is 13.0 Å².